The summed E-state index contributed by atoms with van der Waals surface area (Å²) in [6, 6.07) is 3.23. The lowest BCUT2D eigenvalue weighted by Crippen LogP contribution is -2.34. The monoisotopic (exact) mass is 355 g/mol. The van der Waals surface area contributed by atoms with Crippen molar-refractivity contribution in [2.45, 2.75) is 6.92 Å². The average Bonchev–Trinajstić information content (AvgIpc) is 3.00. The van der Waals surface area contributed by atoms with Gasteiger partial charge in [-0.05, 0) is 30.7 Å². The lowest BCUT2D eigenvalue weighted by molar-refractivity contribution is -0.143. The first-order valence-electron chi connectivity index (χ1n) is 6.90. The Balaban J connectivity index is 1.84. The van der Waals surface area contributed by atoms with Gasteiger partial charge in [-0.1, -0.05) is 11.6 Å². The number of benzene rings is 1. The van der Waals surface area contributed by atoms with Crippen LogP contribution >= 0.6 is 11.6 Å². The Morgan fingerprint density at radius 1 is 1.29 bits per heavy atom. The van der Waals surface area contributed by atoms with E-state index < -0.39 is 24.6 Å². The number of carbonyl (C=O) groups excluding carboxylic acids is 3. The Labute approximate surface area is 142 Å². The molecular formula is C15H14ClNO7. The number of fused-ring (bicyclic) bond motifs is 1. The van der Waals surface area contributed by atoms with Crippen LogP contribution in [0.15, 0.2) is 18.2 Å². The molecule has 0 aliphatic carbocycles. The van der Waals surface area contributed by atoms with Crippen LogP contribution in [0.2, 0.25) is 5.02 Å². The van der Waals surface area contributed by atoms with Crippen LogP contribution in [0.5, 0.6) is 11.5 Å². The van der Waals surface area contributed by atoms with Crippen molar-refractivity contribution in [3.63, 3.8) is 0 Å². The molecule has 2 rings (SSSR count). The zero-order chi connectivity index (χ0) is 17.5. The molecule has 1 aliphatic heterocycles. The summed E-state index contributed by atoms with van der Waals surface area (Å²) in [7, 11) is 0. The van der Waals surface area contributed by atoms with E-state index in [-0.39, 0.29) is 13.4 Å². The molecule has 0 saturated carbocycles. The summed E-state index contributed by atoms with van der Waals surface area (Å²) in [5.41, 5.74) is 0.595. The van der Waals surface area contributed by atoms with E-state index in [1.165, 1.54) is 6.08 Å². The van der Waals surface area contributed by atoms with E-state index in [2.05, 4.69) is 4.74 Å². The maximum Gasteiger partial charge on any atom is 0.413 e. The van der Waals surface area contributed by atoms with Gasteiger partial charge in [0.05, 0.1) is 11.6 Å². The number of hydrogen-bond donors (Lipinski definition) is 1. The van der Waals surface area contributed by atoms with Crippen LogP contribution in [-0.2, 0) is 19.1 Å². The Morgan fingerprint density at radius 3 is 2.83 bits per heavy atom. The number of rotatable bonds is 5. The van der Waals surface area contributed by atoms with Gasteiger partial charge in [0.25, 0.3) is 5.91 Å². The van der Waals surface area contributed by atoms with Crippen molar-refractivity contribution in [3.8, 4) is 11.5 Å². The molecule has 1 N–H and O–H groups in total. The Kier molecular flexibility index (Phi) is 6.02. The molecule has 2 amide bonds. The summed E-state index contributed by atoms with van der Waals surface area (Å²) in [6.07, 6.45) is 1.66. The van der Waals surface area contributed by atoms with Crippen molar-refractivity contribution in [3.05, 3.63) is 28.8 Å². The lowest BCUT2D eigenvalue weighted by atomic mass is 10.2. The molecule has 1 aliphatic rings. The second kappa shape index (κ2) is 8.21. The molecule has 1 aromatic carbocycles. The van der Waals surface area contributed by atoms with E-state index in [0.29, 0.717) is 22.1 Å². The molecule has 0 unspecified atom stereocenters. The fourth-order valence-corrected chi connectivity index (χ4v) is 2.02. The maximum atomic E-state index is 11.6. The zero-order valence-electron chi connectivity index (χ0n) is 12.7. The first-order chi connectivity index (χ1) is 11.5. The van der Waals surface area contributed by atoms with Gasteiger partial charge in [0, 0.05) is 6.08 Å². The van der Waals surface area contributed by atoms with Gasteiger partial charge in [0.1, 0.15) is 0 Å². The van der Waals surface area contributed by atoms with E-state index in [1.807, 2.05) is 5.32 Å². The van der Waals surface area contributed by atoms with Crippen molar-refractivity contribution in [1.82, 2.24) is 5.32 Å². The number of hydrogen-bond acceptors (Lipinski definition) is 7. The number of halogens is 1. The first-order valence-corrected chi connectivity index (χ1v) is 7.28. The topological polar surface area (TPSA) is 100 Å². The number of ether oxygens (including phenoxy) is 4. The fraction of sp³-hybridized carbons (Fsp3) is 0.267. The van der Waals surface area contributed by atoms with Crippen LogP contribution in [0.3, 0.4) is 0 Å². The summed E-state index contributed by atoms with van der Waals surface area (Å²) in [6.45, 7) is 1.20. The summed E-state index contributed by atoms with van der Waals surface area (Å²) >= 11 is 6.02. The number of nitrogens with one attached hydrogen (secondary N) is 1. The molecule has 0 radical (unpaired) electrons. The minimum Gasteiger partial charge on any atom is -0.454 e. The molecule has 1 aromatic rings. The van der Waals surface area contributed by atoms with Gasteiger partial charge in [-0.2, -0.15) is 0 Å². The zero-order valence-corrected chi connectivity index (χ0v) is 13.4. The quantitative estimate of drug-likeness (QED) is 0.636. The molecule has 9 heteroatoms. The van der Waals surface area contributed by atoms with E-state index >= 15 is 0 Å². The first kappa shape index (κ1) is 17.6. The highest BCUT2D eigenvalue weighted by atomic mass is 35.5. The standard InChI is InChI=1S/C15H14ClNO7/c1-2-21-15(20)17-12(18)7-22-13(19)4-3-9-5-10(16)14-11(6-9)23-8-24-14/h3-6H,2,7-8H2,1H3,(H,17,18,20)/b4-3+. The maximum absolute atomic E-state index is 11.6. The summed E-state index contributed by atoms with van der Waals surface area (Å²) in [5, 5.41) is 2.25. The smallest absolute Gasteiger partial charge is 0.413 e. The second-order valence-corrected chi connectivity index (χ2v) is 4.85. The van der Waals surface area contributed by atoms with Gasteiger partial charge in [-0.15, -0.1) is 0 Å². The molecule has 0 spiro atoms. The van der Waals surface area contributed by atoms with Crippen molar-refractivity contribution in [2.75, 3.05) is 20.0 Å². The highest BCUT2D eigenvalue weighted by Gasteiger charge is 2.17. The van der Waals surface area contributed by atoms with Crippen LogP contribution < -0.4 is 14.8 Å². The summed E-state index contributed by atoms with van der Waals surface area (Å²) < 4.78 is 19.6. The SMILES string of the molecule is CCOC(=O)NC(=O)COC(=O)/C=C/c1cc(Cl)c2c(c1)OCO2. The third kappa shape index (κ3) is 4.88. The van der Waals surface area contributed by atoms with Crippen LogP contribution in [0.4, 0.5) is 4.79 Å². The van der Waals surface area contributed by atoms with Crippen molar-refractivity contribution in [1.29, 1.82) is 0 Å². The summed E-state index contributed by atoms with van der Waals surface area (Å²) in [5.74, 6) is -0.625. The second-order valence-electron chi connectivity index (χ2n) is 4.45. The highest BCUT2D eigenvalue weighted by molar-refractivity contribution is 6.32. The highest BCUT2D eigenvalue weighted by Crippen LogP contribution is 2.40. The molecule has 24 heavy (non-hydrogen) atoms. The van der Waals surface area contributed by atoms with E-state index in [4.69, 9.17) is 25.8 Å². The van der Waals surface area contributed by atoms with Gasteiger partial charge >= 0.3 is 12.1 Å². The normalized spacial score (nSPS) is 12.1. The van der Waals surface area contributed by atoms with Gasteiger partial charge < -0.3 is 18.9 Å². The van der Waals surface area contributed by atoms with Crippen LogP contribution in [-0.4, -0.2) is 38.0 Å². The Morgan fingerprint density at radius 2 is 2.08 bits per heavy atom. The Bertz CT molecular complexity index is 687. The molecule has 0 atom stereocenters. The Hall–Kier alpha value is -2.74. The molecule has 128 valence electrons. The molecular weight excluding hydrogens is 342 g/mol. The minimum absolute atomic E-state index is 0.0832. The number of alkyl carbamates (subject to hydrolysis) is 1. The van der Waals surface area contributed by atoms with Crippen molar-refractivity contribution >= 4 is 35.6 Å². The van der Waals surface area contributed by atoms with Gasteiger partial charge in [-0.3, -0.25) is 10.1 Å². The van der Waals surface area contributed by atoms with E-state index in [1.54, 1.807) is 19.1 Å². The van der Waals surface area contributed by atoms with Crippen molar-refractivity contribution < 1.29 is 33.3 Å². The molecule has 1 heterocycles. The summed E-state index contributed by atoms with van der Waals surface area (Å²) in [4.78, 5) is 33.9. The molecule has 0 aromatic heterocycles. The molecule has 0 saturated heterocycles. The third-order valence-electron chi connectivity index (χ3n) is 2.72. The number of imide groups is 1. The molecule has 8 nitrogen and oxygen atoms in total. The third-order valence-corrected chi connectivity index (χ3v) is 3.00. The fourth-order valence-electron chi connectivity index (χ4n) is 1.75. The van der Waals surface area contributed by atoms with Gasteiger partial charge in [0.2, 0.25) is 6.79 Å². The van der Waals surface area contributed by atoms with Crippen LogP contribution in [0, 0.1) is 0 Å². The van der Waals surface area contributed by atoms with Crippen LogP contribution in [0.25, 0.3) is 6.08 Å². The number of esters is 1. The number of amides is 2. The number of carbonyl (C=O) groups is 3. The van der Waals surface area contributed by atoms with Gasteiger partial charge in [-0.25, -0.2) is 9.59 Å². The lowest BCUT2D eigenvalue weighted by Gasteiger charge is -2.04. The van der Waals surface area contributed by atoms with E-state index in [0.717, 1.165) is 6.08 Å². The predicted molar refractivity (Wildman–Crippen MR) is 82.7 cm³/mol. The van der Waals surface area contributed by atoms with Gasteiger partial charge in [0.15, 0.2) is 18.1 Å². The van der Waals surface area contributed by atoms with Crippen LogP contribution in [0.1, 0.15) is 12.5 Å². The van der Waals surface area contributed by atoms with E-state index in [9.17, 15) is 14.4 Å². The predicted octanol–water partition coefficient (Wildman–Crippen LogP) is 1.90. The molecule has 0 fully saturated rings. The minimum atomic E-state index is -0.899. The largest absolute Gasteiger partial charge is 0.454 e. The van der Waals surface area contributed by atoms with Crippen molar-refractivity contribution in [2.24, 2.45) is 0 Å². The average molecular weight is 356 g/mol. The molecule has 0 bridgehead atoms.